The van der Waals surface area contributed by atoms with Crippen molar-refractivity contribution in [3.63, 3.8) is 0 Å². The zero-order valence-electron chi connectivity index (χ0n) is 13.6. The van der Waals surface area contributed by atoms with E-state index in [1.54, 1.807) is 16.8 Å². The van der Waals surface area contributed by atoms with E-state index in [1.807, 2.05) is 18.2 Å². The minimum absolute atomic E-state index is 0.0510. The SMILES string of the molecule is CC(C)CN1CCO[C@@H](CNC(=O)c2ccc3ncsc3c2)C1. The molecule has 1 aliphatic rings. The Hall–Kier alpha value is -1.50. The molecule has 124 valence electrons. The zero-order valence-corrected chi connectivity index (χ0v) is 14.4. The molecule has 1 saturated heterocycles. The van der Waals surface area contributed by atoms with Crippen molar-refractivity contribution in [2.24, 2.45) is 5.92 Å². The van der Waals surface area contributed by atoms with Crippen molar-refractivity contribution in [3.8, 4) is 0 Å². The van der Waals surface area contributed by atoms with Crippen LogP contribution in [0.2, 0.25) is 0 Å². The summed E-state index contributed by atoms with van der Waals surface area (Å²) in [5.74, 6) is 0.597. The number of aromatic nitrogens is 1. The fourth-order valence-corrected chi connectivity index (χ4v) is 3.61. The van der Waals surface area contributed by atoms with Crippen LogP contribution >= 0.6 is 11.3 Å². The molecule has 1 aromatic heterocycles. The minimum Gasteiger partial charge on any atom is -0.374 e. The second kappa shape index (κ2) is 7.38. The average Bonchev–Trinajstić information content (AvgIpc) is 3.00. The van der Waals surface area contributed by atoms with Gasteiger partial charge in [-0.2, -0.15) is 0 Å². The average molecular weight is 333 g/mol. The molecule has 1 aromatic carbocycles. The van der Waals surface area contributed by atoms with Crippen LogP contribution in [0.1, 0.15) is 24.2 Å². The first-order chi connectivity index (χ1) is 11.1. The molecule has 1 aliphatic heterocycles. The first-order valence-corrected chi connectivity index (χ1v) is 8.95. The molecule has 5 nitrogen and oxygen atoms in total. The lowest BCUT2D eigenvalue weighted by Crippen LogP contribution is -2.48. The van der Waals surface area contributed by atoms with Gasteiger partial charge in [-0.25, -0.2) is 4.98 Å². The molecule has 0 saturated carbocycles. The molecule has 23 heavy (non-hydrogen) atoms. The number of morpholine rings is 1. The monoisotopic (exact) mass is 333 g/mol. The van der Waals surface area contributed by atoms with E-state index in [1.165, 1.54) is 0 Å². The maximum atomic E-state index is 12.3. The summed E-state index contributed by atoms with van der Waals surface area (Å²) in [6.45, 7) is 8.67. The van der Waals surface area contributed by atoms with Gasteiger partial charge in [0.1, 0.15) is 0 Å². The van der Waals surface area contributed by atoms with Gasteiger partial charge in [0.25, 0.3) is 5.91 Å². The van der Waals surface area contributed by atoms with Gasteiger partial charge in [-0.05, 0) is 24.1 Å². The van der Waals surface area contributed by atoms with E-state index in [9.17, 15) is 4.79 Å². The smallest absolute Gasteiger partial charge is 0.251 e. The van der Waals surface area contributed by atoms with E-state index in [2.05, 4.69) is 29.0 Å². The third-order valence-corrected chi connectivity index (χ3v) is 4.72. The Kier molecular flexibility index (Phi) is 5.25. The molecule has 0 bridgehead atoms. The zero-order chi connectivity index (χ0) is 16.2. The van der Waals surface area contributed by atoms with Crippen LogP contribution < -0.4 is 5.32 Å². The van der Waals surface area contributed by atoms with Crippen LogP contribution in [0, 0.1) is 5.92 Å². The molecule has 0 radical (unpaired) electrons. The highest BCUT2D eigenvalue weighted by Crippen LogP contribution is 2.19. The molecule has 2 heterocycles. The summed E-state index contributed by atoms with van der Waals surface area (Å²) in [6.07, 6.45) is 0.0681. The van der Waals surface area contributed by atoms with Crippen molar-refractivity contribution in [3.05, 3.63) is 29.3 Å². The number of rotatable bonds is 5. The number of fused-ring (bicyclic) bond motifs is 1. The number of benzene rings is 1. The van der Waals surface area contributed by atoms with Crippen molar-refractivity contribution < 1.29 is 9.53 Å². The van der Waals surface area contributed by atoms with Crippen LogP contribution in [0.3, 0.4) is 0 Å². The quantitative estimate of drug-likeness (QED) is 0.913. The Morgan fingerprint density at radius 2 is 2.39 bits per heavy atom. The van der Waals surface area contributed by atoms with Crippen molar-refractivity contribution in [1.29, 1.82) is 0 Å². The van der Waals surface area contributed by atoms with Crippen molar-refractivity contribution in [2.45, 2.75) is 20.0 Å². The molecule has 0 unspecified atom stereocenters. The fraction of sp³-hybridized carbons (Fsp3) is 0.529. The Labute approximate surface area is 140 Å². The number of thiazole rings is 1. The van der Waals surface area contributed by atoms with Gasteiger partial charge in [0, 0.05) is 31.7 Å². The van der Waals surface area contributed by atoms with Gasteiger partial charge in [-0.1, -0.05) is 13.8 Å². The van der Waals surface area contributed by atoms with E-state index in [-0.39, 0.29) is 12.0 Å². The first-order valence-electron chi connectivity index (χ1n) is 8.07. The van der Waals surface area contributed by atoms with E-state index >= 15 is 0 Å². The van der Waals surface area contributed by atoms with E-state index in [0.717, 1.165) is 36.5 Å². The van der Waals surface area contributed by atoms with Gasteiger partial charge in [-0.3, -0.25) is 9.69 Å². The lowest BCUT2D eigenvalue weighted by Gasteiger charge is -2.33. The van der Waals surface area contributed by atoms with E-state index in [4.69, 9.17) is 4.74 Å². The maximum Gasteiger partial charge on any atom is 0.251 e. The normalized spacial score (nSPS) is 19.3. The van der Waals surface area contributed by atoms with Crippen LogP contribution in [0.15, 0.2) is 23.7 Å². The molecule has 1 fully saturated rings. The first kappa shape index (κ1) is 16.4. The van der Waals surface area contributed by atoms with Gasteiger partial charge in [-0.15, -0.1) is 11.3 Å². The topological polar surface area (TPSA) is 54.5 Å². The Bertz CT molecular complexity index is 671. The molecular formula is C17H23N3O2S. The van der Waals surface area contributed by atoms with Crippen molar-refractivity contribution >= 4 is 27.5 Å². The van der Waals surface area contributed by atoms with Crippen LogP contribution in [-0.4, -0.2) is 54.7 Å². The third kappa shape index (κ3) is 4.28. The number of hydrogen-bond acceptors (Lipinski definition) is 5. The van der Waals surface area contributed by atoms with Gasteiger partial charge in [0.15, 0.2) is 0 Å². The summed E-state index contributed by atoms with van der Waals surface area (Å²) in [6, 6.07) is 5.61. The Balaban J connectivity index is 1.53. The molecular weight excluding hydrogens is 310 g/mol. The van der Waals surface area contributed by atoms with Gasteiger partial charge < -0.3 is 10.1 Å². The number of nitrogens with one attached hydrogen (secondary N) is 1. The number of carbonyl (C=O) groups excluding carboxylic acids is 1. The summed E-state index contributed by atoms with van der Waals surface area (Å²) < 4.78 is 6.81. The van der Waals surface area contributed by atoms with E-state index < -0.39 is 0 Å². The largest absolute Gasteiger partial charge is 0.374 e. The third-order valence-electron chi connectivity index (χ3n) is 3.93. The molecule has 1 N–H and O–H groups in total. The number of ether oxygens (including phenoxy) is 1. The van der Waals surface area contributed by atoms with Crippen LogP contribution in [-0.2, 0) is 4.74 Å². The predicted molar refractivity (Wildman–Crippen MR) is 93.0 cm³/mol. The highest BCUT2D eigenvalue weighted by atomic mass is 32.1. The van der Waals surface area contributed by atoms with Crippen molar-refractivity contribution in [2.75, 3.05) is 32.8 Å². The molecule has 1 atom stereocenters. The Morgan fingerprint density at radius 1 is 1.52 bits per heavy atom. The predicted octanol–water partition coefficient (Wildman–Crippen LogP) is 2.38. The summed E-state index contributed by atoms with van der Waals surface area (Å²) in [4.78, 5) is 19.0. The van der Waals surface area contributed by atoms with E-state index in [0.29, 0.717) is 18.0 Å². The summed E-state index contributed by atoms with van der Waals surface area (Å²) in [5, 5.41) is 2.99. The van der Waals surface area contributed by atoms with Gasteiger partial charge in [0.2, 0.25) is 0 Å². The van der Waals surface area contributed by atoms with Crippen LogP contribution in [0.4, 0.5) is 0 Å². The number of nitrogens with zero attached hydrogens (tertiary/aromatic N) is 2. The Morgan fingerprint density at radius 3 is 3.22 bits per heavy atom. The molecule has 0 spiro atoms. The lowest BCUT2D eigenvalue weighted by atomic mass is 10.1. The minimum atomic E-state index is -0.0510. The molecule has 0 aliphatic carbocycles. The highest BCUT2D eigenvalue weighted by molar-refractivity contribution is 7.16. The molecule has 2 aromatic rings. The summed E-state index contributed by atoms with van der Waals surface area (Å²) in [7, 11) is 0. The van der Waals surface area contributed by atoms with Gasteiger partial charge in [0.05, 0.1) is 28.4 Å². The number of amides is 1. The summed E-state index contributed by atoms with van der Waals surface area (Å²) in [5.41, 5.74) is 3.41. The highest BCUT2D eigenvalue weighted by Gasteiger charge is 2.21. The van der Waals surface area contributed by atoms with Crippen LogP contribution in [0.25, 0.3) is 10.2 Å². The van der Waals surface area contributed by atoms with Crippen molar-refractivity contribution in [1.82, 2.24) is 15.2 Å². The summed E-state index contributed by atoms with van der Waals surface area (Å²) >= 11 is 1.55. The van der Waals surface area contributed by atoms with Gasteiger partial charge >= 0.3 is 0 Å². The second-order valence-corrected chi connectivity index (χ2v) is 7.28. The standard InChI is InChI=1S/C17H23N3O2S/c1-12(2)9-20-5-6-22-14(10-20)8-18-17(21)13-3-4-15-16(7-13)23-11-19-15/h3-4,7,11-12,14H,5-6,8-10H2,1-2H3,(H,18,21)/t14-/m0/s1. The van der Waals surface area contributed by atoms with Crippen LogP contribution in [0.5, 0.6) is 0 Å². The fourth-order valence-electron chi connectivity index (χ4n) is 2.89. The maximum absolute atomic E-state index is 12.3. The number of hydrogen-bond donors (Lipinski definition) is 1. The molecule has 1 amide bonds. The second-order valence-electron chi connectivity index (χ2n) is 6.39. The molecule has 6 heteroatoms. The molecule has 3 rings (SSSR count). The lowest BCUT2D eigenvalue weighted by molar-refractivity contribution is -0.0295. The number of carbonyl (C=O) groups is 1.